The fourth-order valence-corrected chi connectivity index (χ4v) is 2.49. The quantitative estimate of drug-likeness (QED) is 0.868. The van der Waals surface area contributed by atoms with Crippen LogP contribution in [0.4, 0.5) is 0 Å². The molecule has 2 aromatic carbocycles. The highest BCUT2D eigenvalue weighted by Crippen LogP contribution is 2.30. The van der Waals surface area contributed by atoms with Gasteiger partial charge in [0.25, 0.3) is 0 Å². The Kier molecular flexibility index (Phi) is 5.26. The van der Waals surface area contributed by atoms with Gasteiger partial charge >= 0.3 is 0 Å². The van der Waals surface area contributed by atoms with Crippen LogP contribution in [0.2, 0.25) is 0 Å². The average molecular weight is 351 g/mol. The molecule has 0 bridgehead atoms. The highest BCUT2D eigenvalue weighted by molar-refractivity contribution is 9.10. The summed E-state index contributed by atoms with van der Waals surface area (Å²) in [5, 5.41) is 9.82. The van der Waals surface area contributed by atoms with Crippen LogP contribution >= 0.6 is 15.9 Å². The molecule has 4 heteroatoms. The van der Waals surface area contributed by atoms with Crippen molar-refractivity contribution < 1.29 is 14.6 Å². The maximum Gasteiger partial charge on any atom is 0.126 e. The van der Waals surface area contributed by atoms with Crippen LogP contribution in [-0.2, 0) is 6.61 Å². The standard InChI is InChI=1S/C17H19BrO3/c1-11-4-7-16(20-3)13(8-11)10-21-17-9-14(18)5-6-15(17)12(2)19/h4-9,12,19H,10H2,1-3H3/t12-/m0/s1. The van der Waals surface area contributed by atoms with Crippen LogP contribution in [-0.4, -0.2) is 12.2 Å². The highest BCUT2D eigenvalue weighted by Gasteiger charge is 2.11. The number of halogens is 1. The van der Waals surface area contributed by atoms with Gasteiger partial charge in [-0.2, -0.15) is 0 Å². The normalized spacial score (nSPS) is 12.0. The fourth-order valence-electron chi connectivity index (χ4n) is 2.15. The molecule has 21 heavy (non-hydrogen) atoms. The van der Waals surface area contributed by atoms with E-state index in [1.807, 2.05) is 43.3 Å². The lowest BCUT2D eigenvalue weighted by Gasteiger charge is -2.15. The first kappa shape index (κ1) is 15.9. The van der Waals surface area contributed by atoms with Gasteiger partial charge in [-0.15, -0.1) is 0 Å². The minimum absolute atomic E-state index is 0.390. The van der Waals surface area contributed by atoms with Gasteiger partial charge in [0.05, 0.1) is 13.2 Å². The number of aliphatic hydroxyl groups is 1. The lowest BCUT2D eigenvalue weighted by molar-refractivity contribution is 0.190. The van der Waals surface area contributed by atoms with E-state index in [9.17, 15) is 5.11 Å². The van der Waals surface area contributed by atoms with E-state index in [0.717, 1.165) is 26.9 Å². The summed E-state index contributed by atoms with van der Waals surface area (Å²) in [4.78, 5) is 0. The second-order valence-corrected chi connectivity index (χ2v) is 5.88. The van der Waals surface area contributed by atoms with Crippen LogP contribution < -0.4 is 9.47 Å². The number of hydrogen-bond donors (Lipinski definition) is 1. The van der Waals surface area contributed by atoms with Gasteiger partial charge in [-0.05, 0) is 38.1 Å². The minimum atomic E-state index is -0.576. The molecule has 0 saturated carbocycles. The van der Waals surface area contributed by atoms with Gasteiger partial charge in [0.2, 0.25) is 0 Å². The first-order chi connectivity index (χ1) is 10.0. The van der Waals surface area contributed by atoms with Crippen molar-refractivity contribution in [3.63, 3.8) is 0 Å². The molecule has 0 fully saturated rings. The summed E-state index contributed by atoms with van der Waals surface area (Å²) in [6, 6.07) is 11.6. The second kappa shape index (κ2) is 6.96. The molecule has 0 aliphatic heterocycles. The maximum absolute atomic E-state index is 9.82. The third-order valence-corrected chi connectivity index (χ3v) is 3.74. The molecule has 0 aliphatic rings. The van der Waals surface area contributed by atoms with Crippen molar-refractivity contribution in [2.45, 2.75) is 26.6 Å². The molecular weight excluding hydrogens is 332 g/mol. The Morgan fingerprint density at radius 1 is 1.14 bits per heavy atom. The highest BCUT2D eigenvalue weighted by atomic mass is 79.9. The molecule has 0 unspecified atom stereocenters. The molecule has 0 aliphatic carbocycles. The van der Waals surface area contributed by atoms with E-state index in [2.05, 4.69) is 15.9 Å². The van der Waals surface area contributed by atoms with Crippen molar-refractivity contribution >= 4 is 15.9 Å². The molecule has 1 atom stereocenters. The van der Waals surface area contributed by atoms with Gasteiger partial charge in [-0.25, -0.2) is 0 Å². The minimum Gasteiger partial charge on any atom is -0.496 e. The number of aryl methyl sites for hydroxylation is 1. The molecule has 0 spiro atoms. The summed E-state index contributed by atoms with van der Waals surface area (Å²) in [5.74, 6) is 1.47. The summed E-state index contributed by atoms with van der Waals surface area (Å²) in [6.07, 6.45) is -0.576. The first-order valence-corrected chi connectivity index (χ1v) is 7.54. The molecule has 0 aromatic heterocycles. The predicted octanol–water partition coefficient (Wildman–Crippen LogP) is 4.40. The van der Waals surface area contributed by atoms with Crippen molar-refractivity contribution in [1.29, 1.82) is 0 Å². The summed E-state index contributed by atoms with van der Waals surface area (Å²) in [6.45, 7) is 4.15. The zero-order chi connectivity index (χ0) is 15.4. The monoisotopic (exact) mass is 350 g/mol. The van der Waals surface area contributed by atoms with Crippen LogP contribution in [0.25, 0.3) is 0 Å². The van der Waals surface area contributed by atoms with Gasteiger partial charge < -0.3 is 14.6 Å². The second-order valence-electron chi connectivity index (χ2n) is 4.96. The third kappa shape index (κ3) is 3.99. The molecule has 0 saturated heterocycles. The summed E-state index contributed by atoms with van der Waals surface area (Å²) >= 11 is 3.43. The average Bonchev–Trinajstić information content (AvgIpc) is 2.45. The van der Waals surface area contributed by atoms with Crippen molar-refractivity contribution in [2.75, 3.05) is 7.11 Å². The third-order valence-electron chi connectivity index (χ3n) is 3.24. The van der Waals surface area contributed by atoms with E-state index >= 15 is 0 Å². The van der Waals surface area contributed by atoms with E-state index in [-0.39, 0.29) is 0 Å². The number of hydrogen-bond acceptors (Lipinski definition) is 3. The van der Waals surface area contributed by atoms with Crippen LogP contribution in [0.3, 0.4) is 0 Å². The molecule has 0 radical (unpaired) electrons. The zero-order valence-corrected chi connectivity index (χ0v) is 14.0. The summed E-state index contributed by atoms with van der Waals surface area (Å²) < 4.78 is 12.2. The Morgan fingerprint density at radius 2 is 1.90 bits per heavy atom. The Labute approximate surface area is 133 Å². The number of ether oxygens (including phenoxy) is 2. The summed E-state index contributed by atoms with van der Waals surface area (Å²) in [7, 11) is 1.65. The van der Waals surface area contributed by atoms with Crippen molar-refractivity contribution in [2.24, 2.45) is 0 Å². The van der Waals surface area contributed by atoms with Crippen LogP contribution in [0.5, 0.6) is 11.5 Å². The van der Waals surface area contributed by atoms with E-state index in [4.69, 9.17) is 9.47 Å². The van der Waals surface area contributed by atoms with E-state index < -0.39 is 6.10 Å². The van der Waals surface area contributed by atoms with Crippen LogP contribution in [0.15, 0.2) is 40.9 Å². The SMILES string of the molecule is COc1ccc(C)cc1COc1cc(Br)ccc1[C@H](C)O. The number of rotatable bonds is 5. The molecular formula is C17H19BrO3. The lowest BCUT2D eigenvalue weighted by Crippen LogP contribution is -2.03. The Balaban J connectivity index is 2.24. The van der Waals surface area contributed by atoms with Crippen LogP contribution in [0, 0.1) is 6.92 Å². The molecule has 112 valence electrons. The summed E-state index contributed by atoms with van der Waals surface area (Å²) in [5.41, 5.74) is 2.90. The number of aliphatic hydroxyl groups excluding tert-OH is 1. The fraction of sp³-hybridized carbons (Fsp3) is 0.294. The lowest BCUT2D eigenvalue weighted by atomic mass is 10.1. The Hall–Kier alpha value is -1.52. The van der Waals surface area contributed by atoms with Crippen LogP contribution in [0.1, 0.15) is 29.7 Å². The zero-order valence-electron chi connectivity index (χ0n) is 12.4. The van der Waals surface area contributed by atoms with Crippen molar-refractivity contribution in [3.8, 4) is 11.5 Å². The van der Waals surface area contributed by atoms with Gasteiger partial charge in [-0.1, -0.05) is 33.6 Å². The van der Waals surface area contributed by atoms with Crippen molar-refractivity contribution in [3.05, 3.63) is 57.6 Å². The largest absolute Gasteiger partial charge is 0.496 e. The molecule has 2 aromatic rings. The first-order valence-electron chi connectivity index (χ1n) is 6.75. The topological polar surface area (TPSA) is 38.7 Å². The van der Waals surface area contributed by atoms with Gasteiger partial charge in [0.15, 0.2) is 0 Å². The molecule has 3 nitrogen and oxygen atoms in total. The van der Waals surface area contributed by atoms with Gasteiger partial charge in [-0.3, -0.25) is 0 Å². The van der Waals surface area contributed by atoms with E-state index in [0.29, 0.717) is 12.4 Å². The van der Waals surface area contributed by atoms with Crippen molar-refractivity contribution in [1.82, 2.24) is 0 Å². The number of benzene rings is 2. The molecule has 0 amide bonds. The van der Waals surface area contributed by atoms with Gasteiger partial charge in [0.1, 0.15) is 18.1 Å². The molecule has 1 N–H and O–H groups in total. The maximum atomic E-state index is 9.82. The van der Waals surface area contributed by atoms with E-state index in [1.165, 1.54) is 0 Å². The predicted molar refractivity (Wildman–Crippen MR) is 86.8 cm³/mol. The number of methoxy groups -OCH3 is 1. The smallest absolute Gasteiger partial charge is 0.126 e. The van der Waals surface area contributed by atoms with Gasteiger partial charge in [0, 0.05) is 15.6 Å². The Bertz CT molecular complexity index is 623. The van der Waals surface area contributed by atoms with E-state index in [1.54, 1.807) is 14.0 Å². The molecule has 2 rings (SSSR count). The molecule has 0 heterocycles. The Morgan fingerprint density at radius 3 is 2.57 bits per heavy atom.